The van der Waals surface area contributed by atoms with Gasteiger partial charge in [0.25, 0.3) is 5.91 Å². The van der Waals surface area contributed by atoms with E-state index in [0.29, 0.717) is 18.7 Å². The molecule has 30 heavy (non-hydrogen) atoms. The lowest BCUT2D eigenvalue weighted by molar-refractivity contribution is -0.120. The second-order valence-corrected chi connectivity index (χ2v) is 7.38. The van der Waals surface area contributed by atoms with Gasteiger partial charge >= 0.3 is 0 Å². The zero-order valence-corrected chi connectivity index (χ0v) is 17.6. The van der Waals surface area contributed by atoms with E-state index < -0.39 is 0 Å². The van der Waals surface area contributed by atoms with Gasteiger partial charge in [0.2, 0.25) is 5.91 Å². The van der Waals surface area contributed by atoms with Crippen LogP contribution in [0, 0.1) is 0 Å². The van der Waals surface area contributed by atoms with Gasteiger partial charge in [-0.2, -0.15) is 5.10 Å². The van der Waals surface area contributed by atoms with Crippen molar-refractivity contribution in [3.8, 4) is 0 Å². The van der Waals surface area contributed by atoms with Crippen LogP contribution in [0.4, 0.5) is 0 Å². The van der Waals surface area contributed by atoms with Gasteiger partial charge in [0, 0.05) is 26.2 Å². The molecule has 2 heterocycles. The van der Waals surface area contributed by atoms with Crippen molar-refractivity contribution in [2.24, 2.45) is 0 Å². The Kier molecular flexibility index (Phi) is 8.41. The van der Waals surface area contributed by atoms with E-state index in [-0.39, 0.29) is 18.4 Å². The van der Waals surface area contributed by atoms with Crippen molar-refractivity contribution in [3.63, 3.8) is 0 Å². The molecular weight excluding hydrogens is 382 g/mol. The Morgan fingerprint density at radius 2 is 1.90 bits per heavy atom. The summed E-state index contributed by atoms with van der Waals surface area (Å²) >= 11 is 0. The number of ether oxygens (including phenoxy) is 1. The van der Waals surface area contributed by atoms with Crippen molar-refractivity contribution < 1.29 is 14.3 Å². The van der Waals surface area contributed by atoms with E-state index in [0.717, 1.165) is 56.9 Å². The summed E-state index contributed by atoms with van der Waals surface area (Å²) in [4.78, 5) is 27.0. The highest BCUT2D eigenvalue weighted by atomic mass is 16.5. The molecule has 0 spiro atoms. The summed E-state index contributed by atoms with van der Waals surface area (Å²) in [6, 6.07) is 10.0. The Balaban J connectivity index is 1.49. The summed E-state index contributed by atoms with van der Waals surface area (Å²) in [7, 11) is 0. The van der Waals surface area contributed by atoms with Crippen LogP contribution in [-0.2, 0) is 22.5 Å². The monoisotopic (exact) mass is 413 g/mol. The van der Waals surface area contributed by atoms with Gasteiger partial charge in [0.1, 0.15) is 0 Å². The quantitative estimate of drug-likeness (QED) is 0.608. The summed E-state index contributed by atoms with van der Waals surface area (Å²) in [6.07, 6.45) is 3.25. The molecule has 0 unspecified atom stereocenters. The molecule has 1 saturated heterocycles. The number of hydrogen-bond donors (Lipinski definition) is 2. The predicted octanol–water partition coefficient (Wildman–Crippen LogP) is 1.06. The Bertz CT molecular complexity index is 815. The van der Waals surface area contributed by atoms with E-state index in [1.807, 2.05) is 35.0 Å². The van der Waals surface area contributed by atoms with Gasteiger partial charge in [-0.25, -0.2) is 0 Å². The van der Waals surface area contributed by atoms with Crippen molar-refractivity contribution in [3.05, 3.63) is 53.3 Å². The minimum absolute atomic E-state index is 0.0443. The van der Waals surface area contributed by atoms with E-state index in [9.17, 15) is 9.59 Å². The fourth-order valence-electron chi connectivity index (χ4n) is 3.49. The smallest absolute Gasteiger partial charge is 0.255 e. The summed E-state index contributed by atoms with van der Waals surface area (Å²) in [5.41, 5.74) is 2.56. The average molecular weight is 414 g/mol. The Morgan fingerprint density at radius 1 is 1.13 bits per heavy atom. The van der Waals surface area contributed by atoms with Crippen LogP contribution in [0.1, 0.15) is 35.0 Å². The van der Waals surface area contributed by atoms with Crippen LogP contribution in [0.2, 0.25) is 0 Å². The number of carbonyl (C=O) groups excluding carboxylic acids is 2. The molecule has 0 bridgehead atoms. The SMILES string of the molecule is CCCc1c(C(=O)NCC(=O)NCCN2CCOCC2)cnn1Cc1ccccc1. The topological polar surface area (TPSA) is 88.5 Å². The summed E-state index contributed by atoms with van der Waals surface area (Å²) in [6.45, 7) is 7.25. The fraction of sp³-hybridized carbons (Fsp3) is 0.500. The van der Waals surface area contributed by atoms with Gasteiger partial charge in [-0.05, 0) is 12.0 Å². The molecule has 0 aliphatic carbocycles. The molecule has 2 amide bonds. The summed E-state index contributed by atoms with van der Waals surface area (Å²) in [5.74, 6) is -0.452. The Morgan fingerprint density at radius 3 is 2.63 bits per heavy atom. The lowest BCUT2D eigenvalue weighted by Crippen LogP contribution is -2.43. The molecule has 0 atom stereocenters. The third kappa shape index (κ3) is 6.40. The summed E-state index contributed by atoms with van der Waals surface area (Å²) in [5, 5.41) is 10.0. The average Bonchev–Trinajstić information content (AvgIpc) is 3.16. The van der Waals surface area contributed by atoms with E-state index in [1.54, 1.807) is 6.20 Å². The molecule has 1 aromatic carbocycles. The highest BCUT2D eigenvalue weighted by Crippen LogP contribution is 2.13. The minimum atomic E-state index is -0.263. The van der Waals surface area contributed by atoms with Crippen LogP contribution >= 0.6 is 0 Å². The van der Waals surface area contributed by atoms with Gasteiger partial charge in [-0.15, -0.1) is 0 Å². The first-order valence-corrected chi connectivity index (χ1v) is 10.6. The molecule has 8 heteroatoms. The molecule has 162 valence electrons. The van der Waals surface area contributed by atoms with E-state index in [1.165, 1.54) is 0 Å². The number of rotatable bonds is 10. The van der Waals surface area contributed by atoms with Crippen LogP contribution < -0.4 is 10.6 Å². The third-order valence-corrected chi connectivity index (χ3v) is 5.12. The van der Waals surface area contributed by atoms with Gasteiger partial charge in [0.05, 0.1) is 43.8 Å². The van der Waals surface area contributed by atoms with Gasteiger partial charge in [-0.1, -0.05) is 43.7 Å². The van der Waals surface area contributed by atoms with Crippen LogP contribution in [-0.4, -0.2) is 72.4 Å². The van der Waals surface area contributed by atoms with Gasteiger partial charge in [-0.3, -0.25) is 19.2 Å². The van der Waals surface area contributed by atoms with Crippen molar-refractivity contribution in [1.29, 1.82) is 0 Å². The van der Waals surface area contributed by atoms with E-state index in [4.69, 9.17) is 4.74 Å². The molecule has 2 N–H and O–H groups in total. The molecule has 1 aliphatic rings. The second kappa shape index (κ2) is 11.5. The number of nitrogens with zero attached hydrogens (tertiary/aromatic N) is 3. The predicted molar refractivity (Wildman–Crippen MR) is 114 cm³/mol. The second-order valence-electron chi connectivity index (χ2n) is 7.38. The Hall–Kier alpha value is -2.71. The molecule has 3 rings (SSSR count). The molecule has 0 saturated carbocycles. The Labute approximate surface area is 177 Å². The maximum absolute atomic E-state index is 12.7. The fourth-order valence-corrected chi connectivity index (χ4v) is 3.49. The third-order valence-electron chi connectivity index (χ3n) is 5.12. The molecule has 0 radical (unpaired) electrons. The highest BCUT2D eigenvalue weighted by Gasteiger charge is 2.18. The summed E-state index contributed by atoms with van der Waals surface area (Å²) < 4.78 is 7.18. The molecule has 1 aliphatic heterocycles. The van der Waals surface area contributed by atoms with E-state index >= 15 is 0 Å². The van der Waals surface area contributed by atoms with Crippen molar-refractivity contribution in [2.45, 2.75) is 26.3 Å². The van der Waals surface area contributed by atoms with Crippen LogP contribution in [0.3, 0.4) is 0 Å². The largest absolute Gasteiger partial charge is 0.379 e. The molecule has 2 aromatic rings. The molecule has 1 aromatic heterocycles. The van der Waals surface area contributed by atoms with Gasteiger partial charge in [0.15, 0.2) is 0 Å². The highest BCUT2D eigenvalue weighted by molar-refractivity contribution is 5.97. The number of hydrogen-bond acceptors (Lipinski definition) is 5. The molecule has 1 fully saturated rings. The zero-order valence-electron chi connectivity index (χ0n) is 17.6. The van der Waals surface area contributed by atoms with Crippen molar-refractivity contribution in [2.75, 3.05) is 45.9 Å². The first-order valence-electron chi connectivity index (χ1n) is 10.6. The lowest BCUT2D eigenvalue weighted by atomic mass is 10.1. The maximum Gasteiger partial charge on any atom is 0.255 e. The van der Waals surface area contributed by atoms with Gasteiger partial charge < -0.3 is 15.4 Å². The minimum Gasteiger partial charge on any atom is -0.379 e. The molecular formula is C22H31N5O3. The zero-order chi connectivity index (χ0) is 21.2. The first-order chi connectivity index (χ1) is 14.7. The number of amides is 2. The van der Waals surface area contributed by atoms with Crippen LogP contribution in [0.25, 0.3) is 0 Å². The van der Waals surface area contributed by atoms with Crippen LogP contribution in [0.5, 0.6) is 0 Å². The first kappa shape index (κ1) is 22.0. The van der Waals surface area contributed by atoms with Crippen molar-refractivity contribution in [1.82, 2.24) is 25.3 Å². The molecule has 8 nitrogen and oxygen atoms in total. The number of benzene rings is 1. The van der Waals surface area contributed by atoms with Crippen LogP contribution in [0.15, 0.2) is 36.5 Å². The number of morpholine rings is 1. The number of aromatic nitrogens is 2. The number of nitrogens with one attached hydrogen (secondary N) is 2. The van der Waals surface area contributed by atoms with Crippen molar-refractivity contribution >= 4 is 11.8 Å². The maximum atomic E-state index is 12.7. The normalized spacial score (nSPS) is 14.4. The standard InChI is InChI=1S/C22H31N5O3/c1-2-6-20-19(15-25-27(20)17-18-7-4-3-5-8-18)22(29)24-16-21(28)23-9-10-26-11-13-30-14-12-26/h3-5,7-8,15H,2,6,9-14,16-17H2,1H3,(H,23,28)(H,24,29). The lowest BCUT2D eigenvalue weighted by Gasteiger charge is -2.26. The van der Waals surface area contributed by atoms with E-state index in [2.05, 4.69) is 27.6 Å². The number of carbonyl (C=O) groups is 2.